The number of nitrogens with zero attached hydrogens (tertiary/aromatic N) is 1. The van der Waals surface area contributed by atoms with E-state index in [1.807, 2.05) is 0 Å². The van der Waals surface area contributed by atoms with Gasteiger partial charge in [-0.2, -0.15) is 0 Å². The van der Waals surface area contributed by atoms with E-state index in [9.17, 15) is 4.79 Å². The first kappa shape index (κ1) is 13.9. The fourth-order valence-electron chi connectivity index (χ4n) is 2.84. The van der Waals surface area contributed by atoms with Crippen molar-refractivity contribution in [2.75, 3.05) is 19.6 Å². The van der Waals surface area contributed by atoms with Crippen molar-refractivity contribution >= 4 is 5.91 Å². The van der Waals surface area contributed by atoms with Gasteiger partial charge < -0.3 is 10.2 Å². The number of nitrogens with one attached hydrogen (secondary N) is 1. The van der Waals surface area contributed by atoms with Gasteiger partial charge in [-0.05, 0) is 43.4 Å². The summed E-state index contributed by atoms with van der Waals surface area (Å²) in [5.74, 6) is 1.06. The zero-order valence-electron chi connectivity index (χ0n) is 12.2. The lowest BCUT2D eigenvalue weighted by atomic mass is 9.77. The Hall–Kier alpha value is -0.570. The van der Waals surface area contributed by atoms with Crippen molar-refractivity contribution in [3.8, 4) is 0 Å². The summed E-state index contributed by atoms with van der Waals surface area (Å²) < 4.78 is 0. The van der Waals surface area contributed by atoms with Crippen LogP contribution in [0.2, 0.25) is 0 Å². The number of hydrogen-bond donors (Lipinski definition) is 1. The molecule has 0 spiro atoms. The maximum atomic E-state index is 12.1. The lowest BCUT2D eigenvalue weighted by Crippen LogP contribution is -2.39. The average molecular weight is 252 g/mol. The summed E-state index contributed by atoms with van der Waals surface area (Å²) in [4.78, 5) is 14.2. The molecule has 3 nitrogen and oxygen atoms in total. The van der Waals surface area contributed by atoms with E-state index in [4.69, 9.17) is 0 Å². The molecule has 1 amide bonds. The molecule has 2 aliphatic rings. The number of amides is 1. The Morgan fingerprint density at radius 1 is 1.17 bits per heavy atom. The molecule has 2 rings (SSSR count). The van der Waals surface area contributed by atoms with Gasteiger partial charge in [-0.1, -0.05) is 20.8 Å². The highest BCUT2D eigenvalue weighted by Crippen LogP contribution is 2.34. The minimum absolute atomic E-state index is 0.302. The van der Waals surface area contributed by atoms with Crippen LogP contribution in [0, 0.1) is 11.3 Å². The molecule has 18 heavy (non-hydrogen) atoms. The van der Waals surface area contributed by atoms with Crippen molar-refractivity contribution in [1.29, 1.82) is 0 Å². The van der Waals surface area contributed by atoms with Crippen LogP contribution in [0.15, 0.2) is 0 Å². The SMILES string of the molecule is CC(C)(C)C1CCCN(C(=O)CNC2CC2)CC1. The standard InChI is InChI=1S/C15H28N2O/c1-15(2,3)12-5-4-9-17(10-8-12)14(18)11-16-13-6-7-13/h12-13,16H,4-11H2,1-3H3. The summed E-state index contributed by atoms with van der Waals surface area (Å²) in [6.07, 6.45) is 6.10. The zero-order chi connectivity index (χ0) is 13.2. The van der Waals surface area contributed by atoms with E-state index in [1.54, 1.807) is 0 Å². The van der Waals surface area contributed by atoms with Crippen LogP contribution in [0.3, 0.4) is 0 Å². The van der Waals surface area contributed by atoms with Gasteiger partial charge in [0.1, 0.15) is 0 Å². The third-order valence-electron chi connectivity index (χ3n) is 4.42. The summed E-state index contributed by atoms with van der Waals surface area (Å²) in [5.41, 5.74) is 0.380. The van der Waals surface area contributed by atoms with Gasteiger partial charge in [0.25, 0.3) is 0 Å². The lowest BCUT2D eigenvalue weighted by molar-refractivity contribution is -0.130. The van der Waals surface area contributed by atoms with Crippen LogP contribution in [0.25, 0.3) is 0 Å². The second kappa shape index (κ2) is 5.60. The van der Waals surface area contributed by atoms with Crippen LogP contribution in [-0.2, 0) is 4.79 Å². The van der Waals surface area contributed by atoms with Gasteiger partial charge in [-0.15, -0.1) is 0 Å². The van der Waals surface area contributed by atoms with Gasteiger partial charge >= 0.3 is 0 Å². The summed E-state index contributed by atoms with van der Waals surface area (Å²) in [7, 11) is 0. The van der Waals surface area contributed by atoms with Crippen LogP contribution in [0.4, 0.5) is 0 Å². The summed E-state index contributed by atoms with van der Waals surface area (Å²) >= 11 is 0. The molecule has 104 valence electrons. The van der Waals surface area contributed by atoms with Gasteiger partial charge in [-0.25, -0.2) is 0 Å². The van der Waals surface area contributed by atoms with Gasteiger partial charge in [0.15, 0.2) is 0 Å². The molecule has 0 aromatic heterocycles. The highest BCUT2D eigenvalue weighted by atomic mass is 16.2. The van der Waals surface area contributed by atoms with Crippen LogP contribution < -0.4 is 5.32 Å². The Bertz CT molecular complexity index is 291. The molecule has 1 aliphatic heterocycles. The molecular weight excluding hydrogens is 224 g/mol. The van der Waals surface area contributed by atoms with Crippen molar-refractivity contribution < 1.29 is 4.79 Å². The van der Waals surface area contributed by atoms with Crippen LogP contribution in [-0.4, -0.2) is 36.5 Å². The molecular formula is C15H28N2O. The van der Waals surface area contributed by atoms with E-state index in [-0.39, 0.29) is 0 Å². The third-order valence-corrected chi connectivity index (χ3v) is 4.42. The van der Waals surface area contributed by atoms with E-state index in [0.29, 0.717) is 23.9 Å². The quantitative estimate of drug-likeness (QED) is 0.836. The first-order valence-corrected chi connectivity index (χ1v) is 7.48. The molecule has 1 saturated heterocycles. The molecule has 1 atom stereocenters. The topological polar surface area (TPSA) is 32.3 Å². The molecule has 1 heterocycles. The minimum atomic E-state index is 0.302. The second-order valence-corrected chi connectivity index (χ2v) is 7.03. The van der Waals surface area contributed by atoms with Crippen molar-refractivity contribution in [1.82, 2.24) is 10.2 Å². The highest BCUT2D eigenvalue weighted by molar-refractivity contribution is 5.78. The van der Waals surface area contributed by atoms with Gasteiger partial charge in [-0.3, -0.25) is 4.79 Å². The van der Waals surface area contributed by atoms with Gasteiger partial charge in [0.05, 0.1) is 6.54 Å². The zero-order valence-corrected chi connectivity index (χ0v) is 12.2. The predicted molar refractivity (Wildman–Crippen MR) is 74.4 cm³/mol. The summed E-state index contributed by atoms with van der Waals surface area (Å²) in [6, 6.07) is 0.628. The molecule has 0 bridgehead atoms. The fourth-order valence-corrected chi connectivity index (χ4v) is 2.84. The van der Waals surface area contributed by atoms with Crippen molar-refractivity contribution in [2.45, 2.75) is 58.9 Å². The maximum Gasteiger partial charge on any atom is 0.236 e. The Morgan fingerprint density at radius 2 is 1.89 bits per heavy atom. The number of carbonyl (C=O) groups is 1. The van der Waals surface area contributed by atoms with Crippen molar-refractivity contribution in [3.63, 3.8) is 0 Å². The first-order valence-electron chi connectivity index (χ1n) is 7.48. The van der Waals surface area contributed by atoms with Crippen molar-refractivity contribution in [2.24, 2.45) is 11.3 Å². The molecule has 0 radical (unpaired) electrons. The number of likely N-dealkylation sites (tertiary alicyclic amines) is 1. The van der Waals surface area contributed by atoms with Gasteiger partial charge in [0.2, 0.25) is 5.91 Å². The number of hydrogen-bond acceptors (Lipinski definition) is 2. The first-order chi connectivity index (χ1) is 8.47. The molecule has 1 saturated carbocycles. The van der Waals surface area contributed by atoms with Gasteiger partial charge in [0, 0.05) is 19.1 Å². The molecule has 1 N–H and O–H groups in total. The smallest absolute Gasteiger partial charge is 0.236 e. The summed E-state index contributed by atoms with van der Waals surface area (Å²) in [6.45, 7) is 9.42. The molecule has 1 aliphatic carbocycles. The van der Waals surface area contributed by atoms with Crippen LogP contribution >= 0.6 is 0 Å². The number of rotatable bonds is 3. The normalized spacial score (nSPS) is 25.9. The van der Waals surface area contributed by atoms with E-state index in [1.165, 1.54) is 25.7 Å². The minimum Gasteiger partial charge on any atom is -0.342 e. The monoisotopic (exact) mass is 252 g/mol. The lowest BCUT2D eigenvalue weighted by Gasteiger charge is -2.29. The molecule has 2 fully saturated rings. The number of carbonyl (C=O) groups excluding carboxylic acids is 1. The highest BCUT2D eigenvalue weighted by Gasteiger charge is 2.29. The molecule has 0 aromatic carbocycles. The predicted octanol–water partition coefficient (Wildman–Crippen LogP) is 2.41. The summed E-state index contributed by atoms with van der Waals surface area (Å²) in [5, 5.41) is 3.32. The van der Waals surface area contributed by atoms with Crippen LogP contribution in [0.5, 0.6) is 0 Å². The Kier molecular flexibility index (Phi) is 4.31. The Balaban J connectivity index is 1.78. The van der Waals surface area contributed by atoms with E-state index in [2.05, 4.69) is 31.0 Å². The third kappa shape index (κ3) is 3.98. The van der Waals surface area contributed by atoms with Crippen LogP contribution in [0.1, 0.15) is 52.9 Å². The Morgan fingerprint density at radius 3 is 2.50 bits per heavy atom. The molecule has 0 aromatic rings. The van der Waals surface area contributed by atoms with E-state index >= 15 is 0 Å². The van der Waals surface area contributed by atoms with E-state index in [0.717, 1.165) is 25.4 Å². The van der Waals surface area contributed by atoms with E-state index < -0.39 is 0 Å². The maximum absolute atomic E-state index is 12.1. The van der Waals surface area contributed by atoms with Crippen molar-refractivity contribution in [3.05, 3.63) is 0 Å². The Labute approximate surface area is 111 Å². The average Bonchev–Trinajstić information content (AvgIpc) is 3.11. The molecule has 1 unspecified atom stereocenters. The molecule has 3 heteroatoms. The fraction of sp³-hybridized carbons (Fsp3) is 0.933. The largest absolute Gasteiger partial charge is 0.342 e. The second-order valence-electron chi connectivity index (χ2n) is 7.03.